The molecule has 0 bridgehead atoms. The minimum absolute atomic E-state index is 0.0700. The smallest absolute Gasteiger partial charge is 0.164 e. The molecule has 0 saturated carbocycles. The van der Waals surface area contributed by atoms with Crippen LogP contribution in [0.2, 0.25) is 0 Å². The molecule has 560 valence electrons. The van der Waals surface area contributed by atoms with Gasteiger partial charge >= 0.3 is 0 Å². The Labute approximate surface area is 691 Å². The molecule has 4 aliphatic carbocycles. The van der Waals surface area contributed by atoms with Crippen LogP contribution in [0.25, 0.3) is 147 Å². The molecule has 0 fully saturated rings. The summed E-state index contributed by atoms with van der Waals surface area (Å²) in [4.78, 5) is 44.6. The van der Waals surface area contributed by atoms with Gasteiger partial charge in [-0.2, -0.15) is 0 Å². The molecule has 0 amide bonds. The van der Waals surface area contributed by atoms with Crippen molar-refractivity contribution in [3.8, 4) is 147 Å². The predicted molar refractivity (Wildman–Crippen MR) is 480 cm³/mol. The largest absolute Gasteiger partial charge is 0.208 e. The van der Waals surface area contributed by atoms with Gasteiger partial charge in [-0.3, -0.25) is 0 Å². The van der Waals surface area contributed by atoms with Gasteiger partial charge in [0.25, 0.3) is 0 Å². The summed E-state index contributed by atoms with van der Waals surface area (Å²) in [6, 6.07) is 147. The van der Waals surface area contributed by atoms with Crippen LogP contribution in [0.15, 0.2) is 419 Å². The van der Waals surface area contributed by atoms with Gasteiger partial charge in [0.15, 0.2) is 52.4 Å². The molecule has 0 atom stereocenters. The average molecular weight is 1520 g/mol. The Morgan fingerprint density at radius 2 is 0.378 bits per heavy atom. The molecule has 9 heteroatoms. The standard InChI is InChI=1S/C40H25N3.C40H27N3.C30H23N3/c1-3-13-26(14-4-1)37-41-38(27-15-5-2-6-16-27)43-39(42-37)28-23-24-36-32(25-28)31-19-9-12-22-35(31)40(36)33-20-10-7-17-29(33)30-18-8-11-21-34(30)40;1-5-15-28(16-6-1)37-41-38(29-17-7-2-8-18-29)43-39(42-37)30-25-26-36-34(27-30)33-23-13-14-24-35(33)40(36,31-19-9-3-10-20-31)32-21-11-4-12-22-32;1-30(2)24-18-10-9-16-22(24)26-23(17-11-19-25(26)30)29-32-27(20-12-5-3-6-13-20)31-28(33-29)21-14-7-4-8-15-21/h1-25H;1-27H;3-19H,1-2H3. The molecule has 9 nitrogen and oxygen atoms in total. The van der Waals surface area contributed by atoms with E-state index in [1.165, 1.54) is 100 Å². The van der Waals surface area contributed by atoms with Crippen LogP contribution in [-0.2, 0) is 16.2 Å². The van der Waals surface area contributed by atoms with Gasteiger partial charge in [0.2, 0.25) is 0 Å². The van der Waals surface area contributed by atoms with Gasteiger partial charge < -0.3 is 0 Å². The lowest BCUT2D eigenvalue weighted by molar-refractivity contribution is 0.660. The van der Waals surface area contributed by atoms with Crippen LogP contribution in [-0.4, -0.2) is 44.9 Å². The highest BCUT2D eigenvalue weighted by Gasteiger charge is 2.52. The summed E-state index contributed by atoms with van der Waals surface area (Å²) in [5.74, 6) is 6.05. The summed E-state index contributed by atoms with van der Waals surface area (Å²) < 4.78 is 0. The minimum atomic E-state index is -0.434. The van der Waals surface area contributed by atoms with Crippen molar-refractivity contribution in [2.45, 2.75) is 30.1 Å². The van der Waals surface area contributed by atoms with Crippen LogP contribution in [0.4, 0.5) is 0 Å². The fourth-order valence-corrected chi connectivity index (χ4v) is 18.6. The molecular formula is C110H75N9. The van der Waals surface area contributed by atoms with Gasteiger partial charge in [-0.25, -0.2) is 44.9 Å². The van der Waals surface area contributed by atoms with Gasteiger partial charge in [-0.15, -0.1) is 0 Å². The second kappa shape index (κ2) is 29.7. The molecule has 16 aromatic carbocycles. The lowest BCUT2D eigenvalue weighted by Gasteiger charge is -2.33. The van der Waals surface area contributed by atoms with Crippen LogP contribution in [0.1, 0.15) is 69.5 Å². The van der Waals surface area contributed by atoms with Gasteiger partial charge in [0.05, 0.1) is 10.8 Å². The summed E-state index contributed by atoms with van der Waals surface area (Å²) in [6.07, 6.45) is 0. The van der Waals surface area contributed by atoms with Crippen molar-refractivity contribution in [1.29, 1.82) is 0 Å². The lowest BCUT2D eigenvalue weighted by atomic mass is 9.67. The Balaban J connectivity index is 0.000000112. The van der Waals surface area contributed by atoms with E-state index in [-0.39, 0.29) is 10.8 Å². The number of rotatable bonds is 11. The maximum atomic E-state index is 5.02. The summed E-state index contributed by atoms with van der Waals surface area (Å²) >= 11 is 0. The first kappa shape index (κ1) is 71.3. The molecule has 0 aliphatic heterocycles. The maximum absolute atomic E-state index is 5.02. The van der Waals surface area contributed by atoms with E-state index in [1.807, 2.05) is 182 Å². The van der Waals surface area contributed by atoms with Crippen molar-refractivity contribution in [3.05, 3.63) is 474 Å². The van der Waals surface area contributed by atoms with Crippen molar-refractivity contribution in [2.75, 3.05) is 0 Å². The van der Waals surface area contributed by atoms with E-state index in [4.69, 9.17) is 44.9 Å². The number of aromatic nitrogens is 9. The summed E-state index contributed by atoms with van der Waals surface area (Å²) in [5, 5.41) is 0. The lowest BCUT2D eigenvalue weighted by Crippen LogP contribution is -2.28. The van der Waals surface area contributed by atoms with Crippen molar-refractivity contribution in [1.82, 2.24) is 44.9 Å². The highest BCUT2D eigenvalue weighted by Crippen LogP contribution is 2.64. The first-order valence-electron chi connectivity index (χ1n) is 40.4. The van der Waals surface area contributed by atoms with E-state index in [0.717, 1.165) is 50.1 Å². The molecule has 4 aliphatic rings. The van der Waals surface area contributed by atoms with Gasteiger partial charge in [0, 0.05) is 55.5 Å². The van der Waals surface area contributed by atoms with Crippen molar-refractivity contribution < 1.29 is 0 Å². The monoisotopic (exact) mass is 1520 g/mol. The van der Waals surface area contributed by atoms with Gasteiger partial charge in [-0.05, 0) is 112 Å². The third kappa shape index (κ3) is 12.2. The zero-order valence-corrected chi connectivity index (χ0v) is 65.4. The molecule has 1 spiro atoms. The van der Waals surface area contributed by atoms with Gasteiger partial charge in [0.1, 0.15) is 0 Å². The van der Waals surface area contributed by atoms with Crippen LogP contribution in [0, 0.1) is 0 Å². The van der Waals surface area contributed by atoms with Crippen molar-refractivity contribution in [2.24, 2.45) is 0 Å². The van der Waals surface area contributed by atoms with Crippen LogP contribution in [0.3, 0.4) is 0 Å². The van der Waals surface area contributed by atoms with Crippen LogP contribution >= 0.6 is 0 Å². The zero-order chi connectivity index (χ0) is 79.4. The molecule has 23 rings (SSSR count). The van der Waals surface area contributed by atoms with E-state index in [0.29, 0.717) is 52.4 Å². The minimum Gasteiger partial charge on any atom is -0.208 e. The number of fused-ring (bicyclic) bond motifs is 16. The summed E-state index contributed by atoms with van der Waals surface area (Å²) in [7, 11) is 0. The highest BCUT2D eigenvalue weighted by atomic mass is 15.1. The van der Waals surface area contributed by atoms with E-state index < -0.39 is 5.41 Å². The molecular weight excluding hydrogens is 1450 g/mol. The first-order chi connectivity index (χ1) is 58.8. The Bertz CT molecular complexity index is 6570. The van der Waals surface area contributed by atoms with E-state index >= 15 is 0 Å². The fourth-order valence-electron chi connectivity index (χ4n) is 18.6. The Kier molecular flexibility index (Phi) is 17.8. The third-order valence-corrected chi connectivity index (χ3v) is 23.9. The second-order valence-electron chi connectivity index (χ2n) is 30.9. The zero-order valence-electron chi connectivity index (χ0n) is 65.4. The van der Waals surface area contributed by atoms with Crippen LogP contribution in [0.5, 0.6) is 0 Å². The number of hydrogen-bond donors (Lipinski definition) is 0. The molecule has 119 heavy (non-hydrogen) atoms. The van der Waals surface area contributed by atoms with E-state index in [1.54, 1.807) is 0 Å². The number of nitrogens with zero attached hydrogens (tertiary/aromatic N) is 9. The van der Waals surface area contributed by atoms with E-state index in [9.17, 15) is 0 Å². The third-order valence-electron chi connectivity index (χ3n) is 23.9. The maximum Gasteiger partial charge on any atom is 0.164 e. The number of benzene rings is 16. The Morgan fingerprint density at radius 1 is 0.151 bits per heavy atom. The average Bonchev–Trinajstić information content (AvgIpc) is 1.52. The van der Waals surface area contributed by atoms with Crippen LogP contribution < -0.4 is 0 Å². The molecule has 19 aromatic rings. The summed E-state index contributed by atoms with van der Waals surface area (Å²) in [5.41, 5.74) is 30.9. The molecule has 0 saturated heterocycles. The Hall–Kier alpha value is -15.5. The predicted octanol–water partition coefficient (Wildman–Crippen LogP) is 25.6. The Morgan fingerprint density at radius 3 is 0.714 bits per heavy atom. The quantitative estimate of drug-likeness (QED) is 0.125. The molecule has 3 aromatic heterocycles. The SMILES string of the molecule is CC1(C)c2ccccc2-c2c(-c3nc(-c4ccccc4)nc(-c4ccccc4)n3)cccc21.c1ccc(-c2nc(-c3ccccc3)nc(-c3ccc4c(c3)-c3ccccc3C4(c3ccccc3)c3ccccc3)n2)cc1.c1ccc(-c2nc(-c3ccccc3)nc(-c3ccc4c(c3)-c3ccccc3C43c4ccccc4-c4ccccc43)n2)cc1. The molecule has 0 radical (unpaired) electrons. The van der Waals surface area contributed by atoms with Crippen molar-refractivity contribution in [3.63, 3.8) is 0 Å². The molecule has 0 unspecified atom stereocenters. The summed E-state index contributed by atoms with van der Waals surface area (Å²) in [6.45, 7) is 4.58. The topological polar surface area (TPSA) is 116 Å². The van der Waals surface area contributed by atoms with Gasteiger partial charge in [-0.1, -0.05) is 420 Å². The molecule has 0 N–H and O–H groups in total. The second-order valence-corrected chi connectivity index (χ2v) is 30.9. The fraction of sp³-hybridized carbons (Fsp3) is 0.0455. The van der Waals surface area contributed by atoms with E-state index in [2.05, 4.69) is 250 Å². The molecule has 3 heterocycles. The first-order valence-corrected chi connectivity index (χ1v) is 40.4. The van der Waals surface area contributed by atoms with Crippen molar-refractivity contribution >= 4 is 0 Å². The normalized spacial score (nSPS) is 13.2. The number of hydrogen-bond acceptors (Lipinski definition) is 9. The highest BCUT2D eigenvalue weighted by molar-refractivity contribution is 5.97.